The molecule has 0 saturated carbocycles. The molecular weight excluding hydrogens is 374 g/mol. The largest absolute Gasteiger partial charge is 0.354 e. The van der Waals surface area contributed by atoms with Gasteiger partial charge in [-0.3, -0.25) is 9.88 Å². The summed E-state index contributed by atoms with van der Waals surface area (Å²) in [5.41, 5.74) is 5.07. The Bertz CT molecular complexity index is 1130. The number of rotatable bonds is 4. The first-order valence-corrected chi connectivity index (χ1v) is 10.3. The average molecular weight is 400 g/mol. The Labute approximate surface area is 176 Å². The van der Waals surface area contributed by atoms with Crippen LogP contribution >= 0.6 is 0 Å². The normalized spacial score (nSPS) is 15.1. The molecule has 0 aliphatic carbocycles. The van der Waals surface area contributed by atoms with Crippen LogP contribution < -0.4 is 4.90 Å². The Morgan fingerprint density at radius 2 is 1.73 bits per heavy atom. The zero-order chi connectivity index (χ0) is 20.5. The highest BCUT2D eigenvalue weighted by molar-refractivity contribution is 5.57. The lowest BCUT2D eigenvalue weighted by Gasteiger charge is -2.36. The highest BCUT2D eigenvalue weighted by atomic mass is 15.3. The van der Waals surface area contributed by atoms with Crippen LogP contribution in [0.25, 0.3) is 17.2 Å². The Kier molecular flexibility index (Phi) is 4.88. The van der Waals surface area contributed by atoms with Gasteiger partial charge in [0.15, 0.2) is 5.82 Å². The van der Waals surface area contributed by atoms with Crippen LogP contribution in [0.4, 0.5) is 5.82 Å². The number of hydrogen-bond donors (Lipinski definition) is 0. The van der Waals surface area contributed by atoms with Crippen molar-refractivity contribution >= 4 is 11.5 Å². The first-order chi connectivity index (χ1) is 14.7. The summed E-state index contributed by atoms with van der Waals surface area (Å²) in [7, 11) is 0. The smallest absolute Gasteiger partial charge is 0.180 e. The number of hydrogen-bond acceptors (Lipinski definition) is 6. The van der Waals surface area contributed by atoms with Crippen LogP contribution in [0.3, 0.4) is 0 Å². The standard InChI is InChI=1S/C23H25N7/c1-17-18(2)25-22(20-7-3-5-9-24-20)27-23(17)29-13-11-28(12-14-29)15-19-16-30-10-6-4-8-21(30)26-19/h3-10,16H,11-15H2,1-2H3. The highest BCUT2D eigenvalue weighted by Gasteiger charge is 2.22. The second-order valence-electron chi connectivity index (χ2n) is 7.76. The minimum Gasteiger partial charge on any atom is -0.354 e. The van der Waals surface area contributed by atoms with Crippen molar-refractivity contribution in [1.29, 1.82) is 0 Å². The van der Waals surface area contributed by atoms with Gasteiger partial charge in [0, 0.05) is 62.6 Å². The summed E-state index contributed by atoms with van der Waals surface area (Å²) in [4.78, 5) is 23.5. The molecule has 0 aromatic carbocycles. The molecule has 152 valence electrons. The van der Waals surface area contributed by atoms with Crippen molar-refractivity contribution in [2.24, 2.45) is 0 Å². The molecule has 0 bridgehead atoms. The molecule has 1 saturated heterocycles. The number of anilines is 1. The van der Waals surface area contributed by atoms with Crippen LogP contribution in [0.15, 0.2) is 55.0 Å². The van der Waals surface area contributed by atoms with Crippen molar-refractivity contribution in [1.82, 2.24) is 29.2 Å². The van der Waals surface area contributed by atoms with E-state index in [-0.39, 0.29) is 0 Å². The molecule has 4 aromatic rings. The van der Waals surface area contributed by atoms with Gasteiger partial charge in [-0.15, -0.1) is 0 Å². The van der Waals surface area contributed by atoms with Gasteiger partial charge < -0.3 is 9.30 Å². The summed E-state index contributed by atoms with van der Waals surface area (Å²) >= 11 is 0. The SMILES string of the molecule is Cc1nc(-c2ccccn2)nc(N2CCN(Cc3cn4ccccc4n3)CC2)c1C. The predicted octanol–water partition coefficient (Wildman–Crippen LogP) is 3.13. The van der Waals surface area contributed by atoms with Gasteiger partial charge in [0.1, 0.15) is 17.2 Å². The molecule has 0 amide bonds. The van der Waals surface area contributed by atoms with Crippen molar-refractivity contribution in [3.05, 3.63) is 71.9 Å². The number of aromatic nitrogens is 5. The zero-order valence-electron chi connectivity index (χ0n) is 17.4. The van der Waals surface area contributed by atoms with Gasteiger partial charge in [0.05, 0.1) is 5.69 Å². The van der Waals surface area contributed by atoms with Crippen LogP contribution in [0.5, 0.6) is 0 Å². The van der Waals surface area contributed by atoms with Crippen molar-refractivity contribution in [2.75, 3.05) is 31.1 Å². The number of imidazole rings is 1. The highest BCUT2D eigenvalue weighted by Crippen LogP contribution is 2.24. The molecule has 4 aromatic heterocycles. The number of fused-ring (bicyclic) bond motifs is 1. The number of nitrogens with zero attached hydrogens (tertiary/aromatic N) is 7. The van der Waals surface area contributed by atoms with Crippen molar-refractivity contribution < 1.29 is 0 Å². The van der Waals surface area contributed by atoms with Crippen LogP contribution in [0.2, 0.25) is 0 Å². The number of aryl methyl sites for hydroxylation is 1. The van der Waals surface area contributed by atoms with Crippen LogP contribution in [0.1, 0.15) is 17.0 Å². The molecule has 0 unspecified atom stereocenters. The molecule has 5 rings (SSSR count). The second-order valence-corrected chi connectivity index (χ2v) is 7.76. The summed E-state index contributed by atoms with van der Waals surface area (Å²) in [6.45, 7) is 8.86. The van der Waals surface area contributed by atoms with E-state index in [1.165, 1.54) is 0 Å². The zero-order valence-corrected chi connectivity index (χ0v) is 17.4. The van der Waals surface area contributed by atoms with Gasteiger partial charge in [-0.05, 0) is 38.1 Å². The lowest BCUT2D eigenvalue weighted by Crippen LogP contribution is -2.46. The Morgan fingerprint density at radius 3 is 2.50 bits per heavy atom. The van der Waals surface area contributed by atoms with Gasteiger partial charge in [0.25, 0.3) is 0 Å². The minimum absolute atomic E-state index is 0.695. The van der Waals surface area contributed by atoms with Gasteiger partial charge >= 0.3 is 0 Å². The molecule has 0 radical (unpaired) electrons. The summed E-state index contributed by atoms with van der Waals surface area (Å²) in [6.07, 6.45) is 5.95. The Balaban J connectivity index is 1.31. The molecular formula is C23H25N7. The van der Waals surface area contributed by atoms with E-state index in [0.29, 0.717) is 5.82 Å². The quantitative estimate of drug-likeness (QED) is 0.525. The number of piperazine rings is 1. The lowest BCUT2D eigenvalue weighted by atomic mass is 10.2. The topological polar surface area (TPSA) is 62.5 Å². The van der Waals surface area contributed by atoms with E-state index >= 15 is 0 Å². The third kappa shape index (κ3) is 3.64. The van der Waals surface area contributed by atoms with E-state index in [2.05, 4.69) is 37.3 Å². The van der Waals surface area contributed by atoms with Gasteiger partial charge in [-0.1, -0.05) is 12.1 Å². The van der Waals surface area contributed by atoms with Crippen LogP contribution in [-0.2, 0) is 6.54 Å². The molecule has 0 atom stereocenters. The molecule has 0 spiro atoms. The monoisotopic (exact) mass is 399 g/mol. The maximum absolute atomic E-state index is 4.88. The van der Waals surface area contributed by atoms with E-state index in [4.69, 9.17) is 9.97 Å². The van der Waals surface area contributed by atoms with E-state index < -0.39 is 0 Å². The summed E-state index contributed by atoms with van der Waals surface area (Å²) < 4.78 is 2.08. The molecule has 7 nitrogen and oxygen atoms in total. The van der Waals surface area contributed by atoms with Crippen molar-refractivity contribution in [3.8, 4) is 11.5 Å². The molecule has 30 heavy (non-hydrogen) atoms. The van der Waals surface area contributed by atoms with E-state index in [9.17, 15) is 0 Å². The molecule has 1 fully saturated rings. The molecule has 5 heterocycles. The predicted molar refractivity (Wildman–Crippen MR) is 117 cm³/mol. The maximum atomic E-state index is 4.88. The van der Waals surface area contributed by atoms with Crippen molar-refractivity contribution in [2.45, 2.75) is 20.4 Å². The second kappa shape index (κ2) is 7.84. The third-order valence-corrected chi connectivity index (χ3v) is 5.73. The fourth-order valence-corrected chi connectivity index (χ4v) is 3.94. The number of pyridine rings is 2. The molecule has 1 aliphatic rings. The van der Waals surface area contributed by atoms with Crippen LogP contribution in [0, 0.1) is 13.8 Å². The molecule has 7 heteroatoms. The van der Waals surface area contributed by atoms with Crippen molar-refractivity contribution in [3.63, 3.8) is 0 Å². The van der Waals surface area contributed by atoms with E-state index in [1.54, 1.807) is 6.20 Å². The first kappa shape index (κ1) is 18.7. The van der Waals surface area contributed by atoms with Gasteiger partial charge in [-0.2, -0.15) is 0 Å². The fourth-order valence-electron chi connectivity index (χ4n) is 3.94. The summed E-state index contributed by atoms with van der Waals surface area (Å²) in [5.74, 6) is 1.72. The Morgan fingerprint density at radius 1 is 0.900 bits per heavy atom. The van der Waals surface area contributed by atoms with E-state index in [1.807, 2.05) is 49.5 Å². The van der Waals surface area contributed by atoms with Gasteiger partial charge in [0.2, 0.25) is 0 Å². The lowest BCUT2D eigenvalue weighted by molar-refractivity contribution is 0.247. The first-order valence-electron chi connectivity index (χ1n) is 10.3. The molecule has 1 aliphatic heterocycles. The minimum atomic E-state index is 0.695. The van der Waals surface area contributed by atoms with E-state index in [0.717, 1.165) is 66.8 Å². The Hall–Kier alpha value is -3.32. The molecule has 0 N–H and O–H groups in total. The van der Waals surface area contributed by atoms with Gasteiger partial charge in [-0.25, -0.2) is 15.0 Å². The maximum Gasteiger partial charge on any atom is 0.180 e. The summed E-state index contributed by atoms with van der Waals surface area (Å²) in [5, 5.41) is 0. The van der Waals surface area contributed by atoms with Crippen LogP contribution in [-0.4, -0.2) is 55.4 Å². The average Bonchev–Trinajstić information content (AvgIpc) is 3.19. The third-order valence-electron chi connectivity index (χ3n) is 5.73. The summed E-state index contributed by atoms with van der Waals surface area (Å²) in [6, 6.07) is 11.9. The fraction of sp³-hybridized carbons (Fsp3) is 0.304.